The highest BCUT2D eigenvalue weighted by molar-refractivity contribution is 6.31. The van der Waals surface area contributed by atoms with Gasteiger partial charge < -0.3 is 9.32 Å². The third-order valence-electron chi connectivity index (χ3n) is 3.47. The van der Waals surface area contributed by atoms with Crippen LogP contribution >= 0.6 is 11.6 Å². The van der Waals surface area contributed by atoms with Crippen molar-refractivity contribution in [2.45, 2.75) is 6.42 Å². The molecule has 1 heterocycles. The van der Waals surface area contributed by atoms with Crippen molar-refractivity contribution in [1.29, 1.82) is 0 Å². The average Bonchev–Trinajstić information content (AvgIpc) is 2.89. The summed E-state index contributed by atoms with van der Waals surface area (Å²) in [4.78, 5) is 14.0. The molecule has 3 nitrogen and oxygen atoms in total. The molecule has 3 aromatic rings. The molecule has 3 rings (SSSR count). The molecule has 0 N–H and O–H groups in total. The summed E-state index contributed by atoms with van der Waals surface area (Å²) in [5.41, 5.74) is 2.46. The first-order valence-corrected chi connectivity index (χ1v) is 7.00. The number of nitrogens with zero attached hydrogens (tertiary/aromatic N) is 1. The first-order chi connectivity index (χ1) is 10.1. The Labute approximate surface area is 127 Å². The van der Waals surface area contributed by atoms with Crippen LogP contribution in [-0.2, 0) is 11.2 Å². The standard InChI is InChI=1S/C17H14ClNO2/c1-19(14-5-3-2-4-6-14)17(20)9-12-11-21-16-8-7-13(18)10-15(12)16/h2-8,10-11H,9H2,1H3. The van der Waals surface area contributed by atoms with Crippen molar-refractivity contribution in [2.24, 2.45) is 0 Å². The first-order valence-electron chi connectivity index (χ1n) is 6.62. The van der Waals surface area contributed by atoms with Crippen LogP contribution in [0.2, 0.25) is 5.02 Å². The van der Waals surface area contributed by atoms with Crippen LogP contribution in [-0.4, -0.2) is 13.0 Å². The van der Waals surface area contributed by atoms with E-state index in [0.717, 1.165) is 22.2 Å². The van der Waals surface area contributed by atoms with E-state index < -0.39 is 0 Å². The smallest absolute Gasteiger partial charge is 0.231 e. The summed E-state index contributed by atoms with van der Waals surface area (Å²) < 4.78 is 5.46. The lowest BCUT2D eigenvalue weighted by Gasteiger charge is -2.16. The molecule has 0 fully saturated rings. The van der Waals surface area contributed by atoms with E-state index >= 15 is 0 Å². The van der Waals surface area contributed by atoms with Gasteiger partial charge in [0.05, 0.1) is 12.7 Å². The number of carbonyl (C=O) groups is 1. The van der Waals surface area contributed by atoms with E-state index in [-0.39, 0.29) is 12.3 Å². The van der Waals surface area contributed by atoms with E-state index in [1.807, 2.05) is 42.5 Å². The van der Waals surface area contributed by atoms with Crippen LogP contribution < -0.4 is 4.90 Å². The fourth-order valence-corrected chi connectivity index (χ4v) is 2.44. The predicted octanol–water partition coefficient (Wildman–Crippen LogP) is 4.29. The van der Waals surface area contributed by atoms with Crippen molar-refractivity contribution >= 4 is 34.2 Å². The first kappa shape index (κ1) is 13.7. The summed E-state index contributed by atoms with van der Waals surface area (Å²) in [5.74, 6) is 0.00359. The maximum absolute atomic E-state index is 12.4. The van der Waals surface area contributed by atoms with Crippen LogP contribution in [0.25, 0.3) is 11.0 Å². The maximum Gasteiger partial charge on any atom is 0.231 e. The van der Waals surface area contributed by atoms with Gasteiger partial charge in [0.25, 0.3) is 0 Å². The minimum Gasteiger partial charge on any atom is -0.464 e. The van der Waals surface area contributed by atoms with Gasteiger partial charge in [0.15, 0.2) is 0 Å². The lowest BCUT2D eigenvalue weighted by molar-refractivity contribution is -0.117. The van der Waals surface area contributed by atoms with Crippen LogP contribution in [0, 0.1) is 0 Å². The van der Waals surface area contributed by atoms with Gasteiger partial charge in [-0.2, -0.15) is 0 Å². The molecule has 0 spiro atoms. The van der Waals surface area contributed by atoms with Crippen molar-refractivity contribution in [1.82, 2.24) is 0 Å². The van der Waals surface area contributed by atoms with Crippen LogP contribution in [0.4, 0.5) is 5.69 Å². The summed E-state index contributed by atoms with van der Waals surface area (Å²) in [7, 11) is 1.77. The Hall–Kier alpha value is -2.26. The van der Waals surface area contributed by atoms with Crippen molar-refractivity contribution in [3.63, 3.8) is 0 Å². The lowest BCUT2D eigenvalue weighted by Crippen LogP contribution is -2.27. The highest BCUT2D eigenvalue weighted by atomic mass is 35.5. The fraction of sp³-hybridized carbons (Fsp3) is 0.118. The van der Waals surface area contributed by atoms with Gasteiger partial charge >= 0.3 is 0 Å². The summed E-state index contributed by atoms with van der Waals surface area (Å²) >= 11 is 6.01. The number of furan rings is 1. The van der Waals surface area contributed by atoms with E-state index in [0.29, 0.717) is 5.02 Å². The Balaban J connectivity index is 1.85. The Morgan fingerprint density at radius 1 is 1.19 bits per heavy atom. The predicted molar refractivity (Wildman–Crippen MR) is 84.8 cm³/mol. The largest absolute Gasteiger partial charge is 0.464 e. The van der Waals surface area contributed by atoms with Gasteiger partial charge in [0.2, 0.25) is 5.91 Å². The summed E-state index contributed by atoms with van der Waals surface area (Å²) in [5, 5.41) is 1.52. The number of likely N-dealkylation sites (N-methyl/N-ethyl adjacent to an activating group) is 1. The summed E-state index contributed by atoms with van der Waals surface area (Å²) in [6, 6.07) is 15.0. The molecule has 4 heteroatoms. The molecule has 106 valence electrons. The fourth-order valence-electron chi connectivity index (χ4n) is 2.27. The van der Waals surface area contributed by atoms with Gasteiger partial charge in [0, 0.05) is 28.7 Å². The Morgan fingerprint density at radius 2 is 1.95 bits per heavy atom. The number of hydrogen-bond donors (Lipinski definition) is 0. The molecule has 0 aliphatic rings. The van der Waals surface area contributed by atoms with Gasteiger partial charge in [0.1, 0.15) is 5.58 Å². The quantitative estimate of drug-likeness (QED) is 0.723. The van der Waals surface area contributed by atoms with Crippen LogP contribution in [0.5, 0.6) is 0 Å². The van der Waals surface area contributed by atoms with Gasteiger partial charge in [-0.25, -0.2) is 0 Å². The molecule has 0 unspecified atom stereocenters. The van der Waals surface area contributed by atoms with Gasteiger partial charge in [-0.3, -0.25) is 4.79 Å². The normalized spacial score (nSPS) is 10.8. The molecule has 0 bridgehead atoms. The molecule has 21 heavy (non-hydrogen) atoms. The van der Waals surface area contributed by atoms with Crippen molar-refractivity contribution in [3.05, 3.63) is 65.4 Å². The molecule has 0 saturated carbocycles. The molecule has 0 radical (unpaired) electrons. The van der Waals surface area contributed by atoms with E-state index in [9.17, 15) is 4.79 Å². The van der Waals surface area contributed by atoms with Crippen molar-refractivity contribution in [2.75, 3.05) is 11.9 Å². The number of amides is 1. The molecule has 2 aromatic carbocycles. The number of para-hydroxylation sites is 1. The second-order valence-electron chi connectivity index (χ2n) is 4.87. The van der Waals surface area contributed by atoms with E-state index in [4.69, 9.17) is 16.0 Å². The van der Waals surface area contributed by atoms with E-state index in [2.05, 4.69) is 0 Å². The molecule has 1 aromatic heterocycles. The van der Waals surface area contributed by atoms with E-state index in [1.165, 1.54) is 0 Å². The zero-order valence-corrected chi connectivity index (χ0v) is 12.3. The van der Waals surface area contributed by atoms with Gasteiger partial charge in [-0.15, -0.1) is 0 Å². The topological polar surface area (TPSA) is 33.5 Å². The number of hydrogen-bond acceptors (Lipinski definition) is 2. The average molecular weight is 300 g/mol. The molecule has 0 aliphatic carbocycles. The summed E-state index contributed by atoms with van der Waals surface area (Å²) in [6.07, 6.45) is 1.90. The molecular weight excluding hydrogens is 286 g/mol. The maximum atomic E-state index is 12.4. The highest BCUT2D eigenvalue weighted by Crippen LogP contribution is 2.25. The highest BCUT2D eigenvalue weighted by Gasteiger charge is 2.15. The Morgan fingerprint density at radius 3 is 2.71 bits per heavy atom. The molecule has 0 saturated heterocycles. The van der Waals surface area contributed by atoms with Crippen molar-refractivity contribution in [3.8, 4) is 0 Å². The molecule has 1 amide bonds. The Bertz CT molecular complexity index is 780. The third kappa shape index (κ3) is 2.78. The van der Waals surface area contributed by atoms with E-state index in [1.54, 1.807) is 24.3 Å². The number of fused-ring (bicyclic) bond motifs is 1. The monoisotopic (exact) mass is 299 g/mol. The number of benzene rings is 2. The van der Waals surface area contributed by atoms with Crippen LogP contribution in [0.15, 0.2) is 59.2 Å². The van der Waals surface area contributed by atoms with Crippen LogP contribution in [0.3, 0.4) is 0 Å². The number of anilines is 1. The zero-order valence-electron chi connectivity index (χ0n) is 11.5. The molecule has 0 aliphatic heterocycles. The summed E-state index contributed by atoms with van der Waals surface area (Å²) in [6.45, 7) is 0. The number of rotatable bonds is 3. The lowest BCUT2D eigenvalue weighted by atomic mass is 10.1. The van der Waals surface area contributed by atoms with Crippen LogP contribution in [0.1, 0.15) is 5.56 Å². The minimum absolute atomic E-state index is 0.00359. The van der Waals surface area contributed by atoms with Gasteiger partial charge in [-0.1, -0.05) is 29.8 Å². The number of carbonyl (C=O) groups excluding carboxylic acids is 1. The second kappa shape index (κ2) is 5.62. The zero-order chi connectivity index (χ0) is 14.8. The molecule has 0 atom stereocenters. The SMILES string of the molecule is CN(C(=O)Cc1coc2ccc(Cl)cc12)c1ccccc1. The number of halogens is 1. The molecular formula is C17H14ClNO2. The Kier molecular flexibility index (Phi) is 3.67. The third-order valence-corrected chi connectivity index (χ3v) is 3.71. The minimum atomic E-state index is 0.00359. The van der Waals surface area contributed by atoms with Gasteiger partial charge in [-0.05, 0) is 30.3 Å². The second-order valence-corrected chi connectivity index (χ2v) is 5.30. The van der Waals surface area contributed by atoms with Crippen molar-refractivity contribution < 1.29 is 9.21 Å².